The minimum Gasteiger partial charge on any atom is -0.462 e. The number of rotatable bonds is 8. The fraction of sp³-hybridized carbons (Fsp3) is 0.300. The number of unbranched alkanes of at least 4 members (excludes halogenated alkanes) is 2. The average molecular weight is 452 g/mol. The maximum absolute atomic E-state index is 12.4. The maximum Gasteiger partial charge on any atom is 0.339 e. The number of ether oxygens (including phenoxy) is 2. The SMILES string of the molecule is CCCCCOC(=O)c1ccccc1C(=O)OCc1cccc(I)c1. The molecule has 0 spiro atoms. The molecule has 2 aromatic carbocycles. The monoisotopic (exact) mass is 452 g/mol. The van der Waals surface area contributed by atoms with Crippen LogP contribution in [0.1, 0.15) is 52.5 Å². The van der Waals surface area contributed by atoms with Crippen molar-refractivity contribution < 1.29 is 19.1 Å². The van der Waals surface area contributed by atoms with Gasteiger partial charge in [0.1, 0.15) is 6.61 Å². The molecule has 4 nitrogen and oxygen atoms in total. The van der Waals surface area contributed by atoms with E-state index in [1.54, 1.807) is 24.3 Å². The molecular weight excluding hydrogens is 431 g/mol. The molecule has 25 heavy (non-hydrogen) atoms. The van der Waals surface area contributed by atoms with Crippen molar-refractivity contribution in [3.05, 3.63) is 68.8 Å². The summed E-state index contributed by atoms with van der Waals surface area (Å²) in [6, 6.07) is 14.3. The van der Waals surface area contributed by atoms with Gasteiger partial charge in [-0.1, -0.05) is 44.0 Å². The van der Waals surface area contributed by atoms with Gasteiger partial charge in [0, 0.05) is 3.57 Å². The molecule has 0 fully saturated rings. The van der Waals surface area contributed by atoms with E-state index in [-0.39, 0.29) is 17.7 Å². The molecule has 0 radical (unpaired) electrons. The third-order valence-corrected chi connectivity index (χ3v) is 4.28. The zero-order valence-electron chi connectivity index (χ0n) is 14.2. The summed E-state index contributed by atoms with van der Waals surface area (Å²) in [6.07, 6.45) is 2.88. The van der Waals surface area contributed by atoms with Crippen molar-refractivity contribution in [2.75, 3.05) is 6.61 Å². The molecule has 0 atom stereocenters. The molecule has 0 aromatic heterocycles. The summed E-state index contributed by atoms with van der Waals surface area (Å²) in [5, 5.41) is 0. The topological polar surface area (TPSA) is 52.6 Å². The minimum absolute atomic E-state index is 0.162. The summed E-state index contributed by atoms with van der Waals surface area (Å²) in [5.41, 5.74) is 1.38. The van der Waals surface area contributed by atoms with E-state index in [9.17, 15) is 9.59 Å². The van der Waals surface area contributed by atoms with Crippen LogP contribution >= 0.6 is 22.6 Å². The van der Waals surface area contributed by atoms with Gasteiger partial charge in [-0.25, -0.2) is 9.59 Å². The number of esters is 2. The molecule has 0 amide bonds. The highest BCUT2D eigenvalue weighted by molar-refractivity contribution is 14.1. The van der Waals surface area contributed by atoms with Gasteiger partial charge in [-0.3, -0.25) is 0 Å². The number of hydrogen-bond donors (Lipinski definition) is 0. The Labute approximate surface area is 161 Å². The highest BCUT2D eigenvalue weighted by Gasteiger charge is 2.19. The first-order valence-electron chi connectivity index (χ1n) is 8.29. The molecule has 0 unspecified atom stereocenters. The van der Waals surface area contributed by atoms with Crippen LogP contribution in [0.25, 0.3) is 0 Å². The molecule has 0 bridgehead atoms. The Bertz CT molecular complexity index is 727. The zero-order chi connectivity index (χ0) is 18.1. The molecule has 132 valence electrons. The van der Waals surface area contributed by atoms with Gasteiger partial charge < -0.3 is 9.47 Å². The largest absolute Gasteiger partial charge is 0.462 e. The molecule has 0 aliphatic carbocycles. The van der Waals surface area contributed by atoms with Gasteiger partial charge >= 0.3 is 11.9 Å². The first-order valence-corrected chi connectivity index (χ1v) is 9.37. The van der Waals surface area contributed by atoms with E-state index >= 15 is 0 Å². The number of hydrogen-bond acceptors (Lipinski definition) is 4. The van der Waals surface area contributed by atoms with Crippen LogP contribution in [0.4, 0.5) is 0 Å². The number of benzene rings is 2. The van der Waals surface area contributed by atoms with Crippen LogP contribution in [0.2, 0.25) is 0 Å². The lowest BCUT2D eigenvalue weighted by atomic mass is 10.1. The van der Waals surface area contributed by atoms with Gasteiger partial charge in [-0.2, -0.15) is 0 Å². The van der Waals surface area contributed by atoms with Crippen molar-refractivity contribution in [1.29, 1.82) is 0 Å². The fourth-order valence-electron chi connectivity index (χ4n) is 2.29. The number of carbonyl (C=O) groups is 2. The lowest BCUT2D eigenvalue weighted by molar-refractivity contribution is 0.0436. The maximum atomic E-state index is 12.4. The lowest BCUT2D eigenvalue weighted by Gasteiger charge is -2.10. The summed E-state index contributed by atoms with van der Waals surface area (Å²) in [6.45, 7) is 2.61. The standard InChI is InChI=1S/C20H21IO4/c1-2-3-6-12-24-19(22)17-10-4-5-11-18(17)20(23)25-14-15-8-7-9-16(21)13-15/h4-5,7-11,13H,2-3,6,12,14H2,1H3. The van der Waals surface area contributed by atoms with Gasteiger partial charge in [0.25, 0.3) is 0 Å². The van der Waals surface area contributed by atoms with E-state index in [0.29, 0.717) is 6.61 Å². The zero-order valence-corrected chi connectivity index (χ0v) is 16.3. The predicted molar refractivity (Wildman–Crippen MR) is 105 cm³/mol. The van der Waals surface area contributed by atoms with Gasteiger partial charge in [-0.05, 0) is 58.8 Å². The summed E-state index contributed by atoms with van der Waals surface area (Å²) in [5.74, 6) is -1.02. The van der Waals surface area contributed by atoms with Crippen LogP contribution < -0.4 is 0 Å². The van der Waals surface area contributed by atoms with E-state index in [0.717, 1.165) is 28.4 Å². The Kier molecular flexibility index (Phi) is 7.91. The molecule has 0 saturated carbocycles. The molecule has 5 heteroatoms. The predicted octanol–water partition coefficient (Wildman–Crippen LogP) is 5.00. The van der Waals surface area contributed by atoms with Crippen molar-refractivity contribution >= 4 is 34.5 Å². The third-order valence-electron chi connectivity index (χ3n) is 3.61. The van der Waals surface area contributed by atoms with E-state index in [1.165, 1.54) is 0 Å². The van der Waals surface area contributed by atoms with Crippen LogP contribution in [-0.4, -0.2) is 18.5 Å². The van der Waals surface area contributed by atoms with Crippen LogP contribution in [0.3, 0.4) is 0 Å². The molecular formula is C20H21IO4. The lowest BCUT2D eigenvalue weighted by Crippen LogP contribution is -2.14. The second kappa shape index (κ2) is 10.2. The molecule has 0 N–H and O–H groups in total. The van der Waals surface area contributed by atoms with E-state index < -0.39 is 11.9 Å². The van der Waals surface area contributed by atoms with Crippen LogP contribution in [0.15, 0.2) is 48.5 Å². The summed E-state index contributed by atoms with van der Waals surface area (Å²) in [4.78, 5) is 24.6. The van der Waals surface area contributed by atoms with E-state index in [1.807, 2.05) is 24.3 Å². The quantitative estimate of drug-likeness (QED) is 0.322. The van der Waals surface area contributed by atoms with Gasteiger partial charge in [-0.15, -0.1) is 0 Å². The van der Waals surface area contributed by atoms with Crippen molar-refractivity contribution in [1.82, 2.24) is 0 Å². The summed E-state index contributed by atoms with van der Waals surface area (Å²) < 4.78 is 11.7. The first kappa shape index (κ1) is 19.4. The molecule has 0 saturated heterocycles. The van der Waals surface area contributed by atoms with Crippen molar-refractivity contribution in [2.24, 2.45) is 0 Å². The van der Waals surface area contributed by atoms with Crippen molar-refractivity contribution in [3.63, 3.8) is 0 Å². The van der Waals surface area contributed by atoms with Gasteiger partial charge in [0.2, 0.25) is 0 Å². The van der Waals surface area contributed by atoms with Crippen LogP contribution in [-0.2, 0) is 16.1 Å². The summed E-state index contributed by atoms with van der Waals surface area (Å²) in [7, 11) is 0. The van der Waals surface area contributed by atoms with E-state index in [2.05, 4.69) is 29.5 Å². The molecule has 0 aliphatic heterocycles. The highest BCUT2D eigenvalue weighted by Crippen LogP contribution is 2.15. The smallest absolute Gasteiger partial charge is 0.339 e. The minimum atomic E-state index is -0.528. The Morgan fingerprint density at radius 3 is 2.24 bits per heavy atom. The normalized spacial score (nSPS) is 10.3. The fourth-order valence-corrected chi connectivity index (χ4v) is 2.89. The molecule has 0 aliphatic rings. The third kappa shape index (κ3) is 6.16. The first-order chi connectivity index (χ1) is 12.1. The Morgan fingerprint density at radius 1 is 0.920 bits per heavy atom. The molecule has 0 heterocycles. The Morgan fingerprint density at radius 2 is 1.60 bits per heavy atom. The van der Waals surface area contributed by atoms with E-state index in [4.69, 9.17) is 9.47 Å². The van der Waals surface area contributed by atoms with Crippen LogP contribution in [0, 0.1) is 3.57 Å². The highest BCUT2D eigenvalue weighted by atomic mass is 127. The van der Waals surface area contributed by atoms with Crippen molar-refractivity contribution in [3.8, 4) is 0 Å². The number of halogens is 1. The van der Waals surface area contributed by atoms with Gasteiger partial charge in [0.15, 0.2) is 0 Å². The Hall–Kier alpha value is -1.89. The molecule has 2 aromatic rings. The summed E-state index contributed by atoms with van der Waals surface area (Å²) >= 11 is 2.20. The second-order valence-electron chi connectivity index (χ2n) is 5.59. The molecule has 2 rings (SSSR count). The van der Waals surface area contributed by atoms with Gasteiger partial charge in [0.05, 0.1) is 17.7 Å². The second-order valence-corrected chi connectivity index (χ2v) is 6.84. The van der Waals surface area contributed by atoms with Crippen LogP contribution in [0.5, 0.6) is 0 Å². The van der Waals surface area contributed by atoms with Crippen molar-refractivity contribution in [2.45, 2.75) is 32.8 Å². The average Bonchev–Trinajstić information content (AvgIpc) is 2.63. The number of carbonyl (C=O) groups excluding carboxylic acids is 2. The Balaban J connectivity index is 2.00.